The number of carbonyl (C=O) groups excluding carboxylic acids is 1. The van der Waals surface area contributed by atoms with Crippen molar-refractivity contribution in [1.29, 1.82) is 0 Å². The van der Waals surface area contributed by atoms with Crippen LogP contribution in [0.2, 0.25) is 0 Å². The van der Waals surface area contributed by atoms with Crippen LogP contribution >= 0.6 is 0 Å². The lowest BCUT2D eigenvalue weighted by molar-refractivity contribution is -0.142. The molecule has 19 heavy (non-hydrogen) atoms. The van der Waals surface area contributed by atoms with Crippen LogP contribution in [-0.2, 0) is 9.53 Å². The second-order valence-corrected chi connectivity index (χ2v) is 4.24. The number of rotatable bonds is 2. The first-order valence-electron chi connectivity index (χ1n) is 5.74. The lowest BCUT2D eigenvalue weighted by Crippen LogP contribution is -2.30. The Balaban J connectivity index is 2.14. The van der Waals surface area contributed by atoms with Gasteiger partial charge in [-0.3, -0.25) is 4.79 Å². The number of furan rings is 1. The summed E-state index contributed by atoms with van der Waals surface area (Å²) in [6.07, 6.45) is 0.484. The van der Waals surface area contributed by atoms with Crippen molar-refractivity contribution in [2.24, 2.45) is 0 Å². The monoisotopic (exact) mass is 258 g/mol. The number of hydrogen-bond donors (Lipinski definition) is 1. The highest BCUT2D eigenvalue weighted by atomic mass is 16.6. The number of hydrogen-bond acceptors (Lipinski definition) is 4. The lowest BCUT2D eigenvalue weighted by atomic mass is 9.86. The molecule has 1 N–H and O–H groups in total. The van der Waals surface area contributed by atoms with Gasteiger partial charge in [0, 0.05) is 0 Å². The van der Waals surface area contributed by atoms with Crippen molar-refractivity contribution in [3.8, 4) is 0 Å². The van der Waals surface area contributed by atoms with E-state index in [2.05, 4.69) is 0 Å². The Morgan fingerprint density at radius 3 is 2.63 bits per heavy atom. The van der Waals surface area contributed by atoms with Crippen molar-refractivity contribution >= 4 is 11.9 Å². The third-order valence-corrected chi connectivity index (χ3v) is 3.14. The summed E-state index contributed by atoms with van der Waals surface area (Å²) in [6.45, 7) is 0. The highest BCUT2D eigenvalue weighted by Gasteiger charge is 2.42. The zero-order chi connectivity index (χ0) is 13.4. The molecular weight excluding hydrogens is 248 g/mol. The van der Waals surface area contributed by atoms with Crippen molar-refractivity contribution in [1.82, 2.24) is 0 Å². The number of cyclic esters (lactones) is 1. The number of carboxylic acid groups (broad SMARTS) is 1. The van der Waals surface area contributed by atoms with Gasteiger partial charge in [-0.25, -0.2) is 4.79 Å². The van der Waals surface area contributed by atoms with Crippen molar-refractivity contribution < 1.29 is 23.8 Å². The Hall–Kier alpha value is -2.56. The molecule has 0 spiro atoms. The van der Waals surface area contributed by atoms with Gasteiger partial charge < -0.3 is 14.3 Å². The fourth-order valence-electron chi connectivity index (χ4n) is 2.30. The van der Waals surface area contributed by atoms with Gasteiger partial charge in [-0.1, -0.05) is 18.2 Å². The number of benzene rings is 1. The summed E-state index contributed by atoms with van der Waals surface area (Å²) >= 11 is 0. The maximum atomic E-state index is 11.9. The molecule has 1 aliphatic heterocycles. The smallest absolute Gasteiger partial charge is 0.339 e. The molecule has 3 rings (SSSR count). The predicted octanol–water partition coefficient (Wildman–Crippen LogP) is 2.36. The molecule has 0 unspecified atom stereocenters. The van der Waals surface area contributed by atoms with Crippen LogP contribution in [0.1, 0.15) is 33.7 Å². The standard InChI is InChI=1S/C14H10O5/c15-13(16)11-8-4-1-2-5-9(8)14(17)19-12(11)10-6-3-7-18-10/h1-7,11-12H,(H,15,16)/t11-,12+/m0/s1. The number of carbonyl (C=O) groups is 2. The molecule has 0 saturated carbocycles. The van der Waals surface area contributed by atoms with E-state index in [1.807, 2.05) is 0 Å². The van der Waals surface area contributed by atoms with E-state index in [0.717, 1.165) is 0 Å². The summed E-state index contributed by atoms with van der Waals surface area (Å²) in [5, 5.41) is 9.41. The molecule has 0 saturated heterocycles. The van der Waals surface area contributed by atoms with E-state index < -0.39 is 24.0 Å². The molecule has 1 aromatic carbocycles. The number of esters is 1. The average Bonchev–Trinajstić information content (AvgIpc) is 2.92. The molecule has 5 heteroatoms. The van der Waals surface area contributed by atoms with Crippen molar-refractivity contribution in [2.75, 3.05) is 0 Å². The largest absolute Gasteiger partial charge is 0.481 e. The molecule has 5 nitrogen and oxygen atoms in total. The van der Waals surface area contributed by atoms with Crippen LogP contribution in [0.3, 0.4) is 0 Å². The summed E-state index contributed by atoms with van der Waals surface area (Å²) in [7, 11) is 0. The van der Waals surface area contributed by atoms with E-state index in [0.29, 0.717) is 11.3 Å². The summed E-state index contributed by atoms with van der Waals surface area (Å²) in [6, 6.07) is 9.79. The predicted molar refractivity (Wildman–Crippen MR) is 63.7 cm³/mol. The molecule has 0 bridgehead atoms. The van der Waals surface area contributed by atoms with Crippen LogP contribution < -0.4 is 0 Å². The van der Waals surface area contributed by atoms with Crippen molar-refractivity contribution in [2.45, 2.75) is 12.0 Å². The maximum Gasteiger partial charge on any atom is 0.339 e. The Morgan fingerprint density at radius 2 is 1.95 bits per heavy atom. The highest BCUT2D eigenvalue weighted by molar-refractivity contribution is 5.95. The molecule has 2 aromatic rings. The normalized spacial score (nSPS) is 21.6. The number of ether oxygens (including phenoxy) is 1. The zero-order valence-corrected chi connectivity index (χ0v) is 9.78. The molecule has 2 heterocycles. The third-order valence-electron chi connectivity index (χ3n) is 3.14. The second kappa shape index (κ2) is 4.28. The molecule has 96 valence electrons. The topological polar surface area (TPSA) is 76.7 Å². The summed E-state index contributed by atoms with van der Waals surface area (Å²) < 4.78 is 10.4. The van der Waals surface area contributed by atoms with Gasteiger partial charge in [0.25, 0.3) is 0 Å². The van der Waals surface area contributed by atoms with E-state index in [1.54, 1.807) is 36.4 Å². The fourth-order valence-corrected chi connectivity index (χ4v) is 2.30. The van der Waals surface area contributed by atoms with Gasteiger partial charge in [0.15, 0.2) is 6.10 Å². The minimum absolute atomic E-state index is 0.290. The quantitative estimate of drug-likeness (QED) is 0.837. The lowest BCUT2D eigenvalue weighted by Gasteiger charge is -2.28. The van der Waals surface area contributed by atoms with Crippen molar-refractivity contribution in [3.63, 3.8) is 0 Å². The van der Waals surface area contributed by atoms with Gasteiger partial charge >= 0.3 is 11.9 Å². The summed E-state index contributed by atoms with van der Waals surface area (Å²) in [5.74, 6) is -2.22. The van der Waals surface area contributed by atoms with Crippen LogP contribution in [0.4, 0.5) is 0 Å². The number of carboxylic acids is 1. The van der Waals surface area contributed by atoms with Crippen LogP contribution in [0.25, 0.3) is 0 Å². The minimum Gasteiger partial charge on any atom is -0.481 e. The minimum atomic E-state index is -1.05. The molecule has 1 aliphatic rings. The maximum absolute atomic E-state index is 11.9. The van der Waals surface area contributed by atoms with Gasteiger partial charge in [0.1, 0.15) is 11.7 Å². The van der Waals surface area contributed by atoms with E-state index in [4.69, 9.17) is 9.15 Å². The van der Waals surface area contributed by atoms with Gasteiger partial charge in [-0.2, -0.15) is 0 Å². The Kier molecular flexibility index (Phi) is 2.59. The van der Waals surface area contributed by atoms with Gasteiger partial charge in [-0.15, -0.1) is 0 Å². The Bertz CT molecular complexity index is 629. The van der Waals surface area contributed by atoms with Crippen LogP contribution in [0.5, 0.6) is 0 Å². The van der Waals surface area contributed by atoms with Crippen LogP contribution in [0, 0.1) is 0 Å². The molecule has 0 aliphatic carbocycles. The SMILES string of the molecule is O=C1O[C@H](c2ccco2)[C@@H](C(=O)O)c2ccccc21. The van der Waals surface area contributed by atoms with E-state index in [-0.39, 0.29) is 5.56 Å². The molecule has 0 fully saturated rings. The van der Waals surface area contributed by atoms with E-state index in [1.165, 1.54) is 6.26 Å². The third kappa shape index (κ3) is 1.79. The van der Waals surface area contributed by atoms with Crippen LogP contribution in [-0.4, -0.2) is 17.0 Å². The molecule has 2 atom stereocenters. The molecular formula is C14H10O5. The van der Waals surface area contributed by atoms with Gasteiger partial charge in [-0.05, 0) is 23.8 Å². The number of aliphatic carboxylic acids is 1. The Labute approximate surface area is 108 Å². The summed E-state index contributed by atoms with van der Waals surface area (Å²) in [5.41, 5.74) is 0.741. The molecule has 1 aromatic heterocycles. The summed E-state index contributed by atoms with van der Waals surface area (Å²) in [4.78, 5) is 23.4. The Morgan fingerprint density at radius 1 is 1.16 bits per heavy atom. The number of fused-ring (bicyclic) bond motifs is 1. The van der Waals surface area contributed by atoms with E-state index in [9.17, 15) is 14.7 Å². The highest BCUT2D eigenvalue weighted by Crippen LogP contribution is 2.40. The molecule has 0 amide bonds. The first kappa shape index (κ1) is 11.5. The van der Waals surface area contributed by atoms with Gasteiger partial charge in [0.05, 0.1) is 11.8 Å². The first-order valence-corrected chi connectivity index (χ1v) is 5.74. The second-order valence-electron chi connectivity index (χ2n) is 4.24. The van der Waals surface area contributed by atoms with Gasteiger partial charge in [0.2, 0.25) is 0 Å². The zero-order valence-electron chi connectivity index (χ0n) is 9.78. The van der Waals surface area contributed by atoms with Crippen molar-refractivity contribution in [3.05, 3.63) is 59.5 Å². The molecule has 0 radical (unpaired) electrons. The fraction of sp³-hybridized carbons (Fsp3) is 0.143. The first-order chi connectivity index (χ1) is 9.18. The average molecular weight is 258 g/mol. The van der Waals surface area contributed by atoms with Crippen LogP contribution in [0.15, 0.2) is 47.1 Å². The van der Waals surface area contributed by atoms with E-state index >= 15 is 0 Å².